The van der Waals surface area contributed by atoms with Crippen LogP contribution in [0, 0.1) is 0 Å². The average molecular weight is 194 g/mol. The Morgan fingerprint density at radius 2 is 2.00 bits per heavy atom. The number of halogens is 1. The van der Waals surface area contributed by atoms with Crippen molar-refractivity contribution in [2.75, 3.05) is 19.0 Å². The molecule has 0 aliphatic heterocycles. The van der Waals surface area contributed by atoms with E-state index in [0.717, 1.165) is 13.0 Å². The molecule has 12 heavy (non-hydrogen) atoms. The van der Waals surface area contributed by atoms with E-state index in [9.17, 15) is 5.11 Å². The van der Waals surface area contributed by atoms with Crippen LogP contribution in [0.1, 0.15) is 27.2 Å². The van der Waals surface area contributed by atoms with Crippen molar-refractivity contribution in [3.63, 3.8) is 0 Å². The first-order valence-electron chi connectivity index (χ1n) is 4.59. The summed E-state index contributed by atoms with van der Waals surface area (Å²) in [5.41, 5.74) is 0. The highest BCUT2D eigenvalue weighted by Gasteiger charge is 2.12. The topological polar surface area (TPSA) is 23.5 Å². The predicted octanol–water partition coefficient (Wildman–Crippen LogP) is 1.71. The lowest BCUT2D eigenvalue weighted by Gasteiger charge is -2.27. The van der Waals surface area contributed by atoms with Gasteiger partial charge in [0.1, 0.15) is 0 Å². The van der Waals surface area contributed by atoms with Gasteiger partial charge in [0.25, 0.3) is 0 Å². The number of hydrogen-bond donors (Lipinski definition) is 1. The molecule has 0 rings (SSSR count). The smallest absolute Gasteiger partial charge is 0.0802 e. The highest BCUT2D eigenvalue weighted by atomic mass is 35.5. The predicted molar refractivity (Wildman–Crippen MR) is 53.7 cm³/mol. The van der Waals surface area contributed by atoms with Crippen LogP contribution in [0.5, 0.6) is 0 Å². The summed E-state index contributed by atoms with van der Waals surface area (Å²) >= 11 is 5.52. The lowest BCUT2D eigenvalue weighted by Crippen LogP contribution is -2.38. The third-order valence-electron chi connectivity index (χ3n) is 1.86. The summed E-state index contributed by atoms with van der Waals surface area (Å²) in [6.07, 6.45) is 0.730. The second-order valence-corrected chi connectivity index (χ2v) is 3.71. The zero-order valence-electron chi connectivity index (χ0n) is 8.26. The fourth-order valence-electron chi connectivity index (χ4n) is 1.17. The molecular weight excluding hydrogens is 174 g/mol. The molecule has 0 fully saturated rings. The van der Waals surface area contributed by atoms with Crippen molar-refractivity contribution < 1.29 is 5.11 Å². The molecular formula is C9H20ClNO. The van der Waals surface area contributed by atoms with Gasteiger partial charge in [-0.15, -0.1) is 11.6 Å². The van der Waals surface area contributed by atoms with Gasteiger partial charge in [-0.2, -0.15) is 0 Å². The van der Waals surface area contributed by atoms with Crippen LogP contribution in [0.2, 0.25) is 0 Å². The average Bonchev–Trinajstić information content (AvgIpc) is 2.03. The Morgan fingerprint density at radius 1 is 1.42 bits per heavy atom. The number of hydrogen-bond acceptors (Lipinski definition) is 2. The lowest BCUT2D eigenvalue weighted by molar-refractivity contribution is 0.110. The maximum atomic E-state index is 9.33. The molecule has 2 nitrogen and oxygen atoms in total. The molecule has 74 valence electrons. The maximum Gasteiger partial charge on any atom is 0.0802 e. The van der Waals surface area contributed by atoms with Gasteiger partial charge in [-0.1, -0.05) is 6.92 Å². The van der Waals surface area contributed by atoms with E-state index in [1.807, 2.05) is 0 Å². The first kappa shape index (κ1) is 12.2. The van der Waals surface area contributed by atoms with Gasteiger partial charge < -0.3 is 5.11 Å². The minimum atomic E-state index is -0.388. The van der Waals surface area contributed by atoms with Crippen molar-refractivity contribution in [1.82, 2.24) is 4.90 Å². The zero-order valence-corrected chi connectivity index (χ0v) is 9.01. The maximum absolute atomic E-state index is 9.33. The van der Waals surface area contributed by atoms with Crippen molar-refractivity contribution in [3.8, 4) is 0 Å². The van der Waals surface area contributed by atoms with Crippen molar-refractivity contribution in [1.29, 1.82) is 0 Å². The van der Waals surface area contributed by atoms with Gasteiger partial charge in [0.15, 0.2) is 0 Å². The van der Waals surface area contributed by atoms with Crippen LogP contribution in [0.3, 0.4) is 0 Å². The molecule has 0 aromatic rings. The van der Waals surface area contributed by atoms with Gasteiger partial charge in [-0.3, -0.25) is 4.90 Å². The Labute approximate surface area is 80.5 Å². The Morgan fingerprint density at radius 3 is 2.33 bits per heavy atom. The van der Waals surface area contributed by atoms with Crippen molar-refractivity contribution >= 4 is 11.6 Å². The second-order valence-electron chi connectivity index (χ2n) is 3.40. The summed E-state index contributed by atoms with van der Waals surface area (Å²) in [6.45, 7) is 8.14. The van der Waals surface area contributed by atoms with E-state index in [1.54, 1.807) is 0 Å². The number of aliphatic hydroxyl groups excluding tert-OH is 1. The Hall–Kier alpha value is 0.210. The summed E-state index contributed by atoms with van der Waals surface area (Å²) in [5.74, 6) is 0.326. The molecule has 3 heteroatoms. The van der Waals surface area contributed by atoms with Crippen LogP contribution in [0.25, 0.3) is 0 Å². The summed E-state index contributed by atoms with van der Waals surface area (Å²) in [4.78, 5) is 2.24. The third kappa shape index (κ3) is 4.96. The molecule has 0 aliphatic rings. The van der Waals surface area contributed by atoms with E-state index in [1.165, 1.54) is 0 Å². The molecule has 0 radical (unpaired) electrons. The molecule has 0 saturated carbocycles. The van der Waals surface area contributed by atoms with Crippen molar-refractivity contribution in [3.05, 3.63) is 0 Å². The normalized spacial score (nSPS) is 14.2. The molecule has 1 unspecified atom stereocenters. The van der Waals surface area contributed by atoms with Gasteiger partial charge in [0, 0.05) is 18.5 Å². The summed E-state index contributed by atoms with van der Waals surface area (Å²) < 4.78 is 0. The minimum absolute atomic E-state index is 0.326. The third-order valence-corrected chi connectivity index (χ3v) is 2.22. The van der Waals surface area contributed by atoms with Gasteiger partial charge >= 0.3 is 0 Å². The molecule has 0 heterocycles. The molecule has 0 aromatic heterocycles. The number of aliphatic hydroxyl groups is 1. The standard InChI is InChI=1S/C9H20ClNO/c1-4-5-11(8(2)3)7-9(12)6-10/h8-9,12H,4-7H2,1-3H3. The first-order valence-corrected chi connectivity index (χ1v) is 5.13. The van der Waals surface area contributed by atoms with Gasteiger partial charge in [0.05, 0.1) is 6.10 Å². The molecule has 0 spiro atoms. The van der Waals surface area contributed by atoms with Gasteiger partial charge in [0.2, 0.25) is 0 Å². The summed E-state index contributed by atoms with van der Waals surface area (Å²) in [7, 11) is 0. The molecule has 0 aliphatic carbocycles. The monoisotopic (exact) mass is 193 g/mol. The number of rotatable bonds is 6. The summed E-state index contributed by atoms with van der Waals surface area (Å²) in [6, 6.07) is 0.489. The van der Waals surface area contributed by atoms with Crippen LogP contribution < -0.4 is 0 Å². The van der Waals surface area contributed by atoms with Gasteiger partial charge in [-0.25, -0.2) is 0 Å². The van der Waals surface area contributed by atoms with E-state index in [2.05, 4.69) is 25.7 Å². The minimum Gasteiger partial charge on any atom is -0.391 e. The Kier molecular flexibility index (Phi) is 6.81. The molecule has 0 saturated heterocycles. The van der Waals surface area contributed by atoms with Crippen molar-refractivity contribution in [2.24, 2.45) is 0 Å². The van der Waals surface area contributed by atoms with E-state index < -0.39 is 0 Å². The van der Waals surface area contributed by atoms with Crippen LogP contribution in [0.15, 0.2) is 0 Å². The Balaban J connectivity index is 3.77. The fourth-order valence-corrected chi connectivity index (χ4v) is 1.26. The molecule has 1 atom stereocenters. The van der Waals surface area contributed by atoms with Gasteiger partial charge in [-0.05, 0) is 26.8 Å². The van der Waals surface area contributed by atoms with E-state index in [-0.39, 0.29) is 6.10 Å². The van der Waals surface area contributed by atoms with Crippen LogP contribution in [-0.2, 0) is 0 Å². The molecule has 1 N–H and O–H groups in total. The van der Waals surface area contributed by atoms with Crippen LogP contribution in [-0.4, -0.2) is 41.1 Å². The second kappa shape index (κ2) is 6.70. The fraction of sp³-hybridized carbons (Fsp3) is 1.00. The lowest BCUT2D eigenvalue weighted by atomic mass is 10.2. The highest BCUT2D eigenvalue weighted by molar-refractivity contribution is 6.18. The summed E-state index contributed by atoms with van der Waals surface area (Å²) in [5, 5.41) is 9.33. The Bertz CT molecular complexity index is 109. The van der Waals surface area contributed by atoms with E-state index in [4.69, 9.17) is 11.6 Å². The number of nitrogens with zero attached hydrogens (tertiary/aromatic N) is 1. The molecule has 0 bridgehead atoms. The van der Waals surface area contributed by atoms with E-state index in [0.29, 0.717) is 18.5 Å². The quantitative estimate of drug-likeness (QED) is 0.650. The van der Waals surface area contributed by atoms with Crippen molar-refractivity contribution in [2.45, 2.75) is 39.3 Å². The SMILES string of the molecule is CCCN(CC(O)CCl)C(C)C. The zero-order chi connectivity index (χ0) is 9.56. The van der Waals surface area contributed by atoms with Crippen LogP contribution >= 0.6 is 11.6 Å². The highest BCUT2D eigenvalue weighted by Crippen LogP contribution is 2.02. The largest absolute Gasteiger partial charge is 0.391 e. The molecule has 0 amide bonds. The van der Waals surface area contributed by atoms with Crippen LogP contribution in [0.4, 0.5) is 0 Å². The number of alkyl halides is 1. The molecule has 0 aromatic carbocycles. The van der Waals surface area contributed by atoms with E-state index >= 15 is 0 Å². The first-order chi connectivity index (χ1) is 5.61.